The molecule has 0 unspecified atom stereocenters. The van der Waals surface area contributed by atoms with E-state index in [9.17, 15) is 9.59 Å². The molecule has 4 heteroatoms. The normalized spacial score (nSPS) is 20.4. The van der Waals surface area contributed by atoms with Crippen molar-refractivity contribution in [1.82, 2.24) is 0 Å². The Morgan fingerprint density at radius 3 is 1.96 bits per heavy atom. The first-order valence-electron chi connectivity index (χ1n) is 9.51. The number of hydrogen-bond donors (Lipinski definition) is 2. The minimum atomic E-state index is -0.199. The lowest BCUT2D eigenvalue weighted by molar-refractivity contribution is -0.138. The molecule has 0 radical (unpaired) electrons. The van der Waals surface area contributed by atoms with E-state index >= 15 is 0 Å². The van der Waals surface area contributed by atoms with E-state index in [0.29, 0.717) is 6.42 Å². The molecule has 2 atom stereocenters. The summed E-state index contributed by atoms with van der Waals surface area (Å²) in [7, 11) is 0. The van der Waals surface area contributed by atoms with Crippen LogP contribution in [0.15, 0.2) is 48.5 Å². The van der Waals surface area contributed by atoms with E-state index in [-0.39, 0.29) is 29.1 Å². The summed E-state index contributed by atoms with van der Waals surface area (Å²) in [5.41, 5.74) is 3.62. The molecule has 142 valence electrons. The van der Waals surface area contributed by atoms with E-state index in [4.69, 9.17) is 0 Å². The summed E-state index contributed by atoms with van der Waals surface area (Å²) in [6.45, 7) is 8.14. The van der Waals surface area contributed by atoms with E-state index in [0.717, 1.165) is 28.9 Å². The van der Waals surface area contributed by atoms with Gasteiger partial charge in [0.1, 0.15) is 0 Å². The van der Waals surface area contributed by atoms with Crippen LogP contribution in [0.3, 0.4) is 0 Å². The number of carbonyl (C=O) groups excluding carboxylic acids is 2. The first kappa shape index (κ1) is 19.2. The zero-order valence-electron chi connectivity index (χ0n) is 16.5. The smallest absolute Gasteiger partial charge is 0.228 e. The van der Waals surface area contributed by atoms with Crippen LogP contribution in [0.2, 0.25) is 0 Å². The van der Waals surface area contributed by atoms with Gasteiger partial charge in [0.05, 0.1) is 0 Å². The molecule has 0 spiro atoms. The van der Waals surface area contributed by atoms with Gasteiger partial charge in [0.15, 0.2) is 0 Å². The highest BCUT2D eigenvalue weighted by molar-refractivity contribution is 5.95. The SMILES string of the molecule is Cc1ccccc1NC(=O)C[C@@H]1C[C@@H](C(=O)Nc2ccccc2C)C1(C)C. The van der Waals surface area contributed by atoms with Crippen molar-refractivity contribution in [3.05, 3.63) is 59.7 Å². The maximum atomic E-state index is 12.7. The predicted molar refractivity (Wildman–Crippen MR) is 110 cm³/mol. The topological polar surface area (TPSA) is 58.2 Å². The Hall–Kier alpha value is -2.62. The van der Waals surface area contributed by atoms with Crippen LogP contribution in [-0.2, 0) is 9.59 Å². The van der Waals surface area contributed by atoms with Gasteiger partial charge in [0.25, 0.3) is 0 Å². The number of carbonyl (C=O) groups is 2. The first-order chi connectivity index (χ1) is 12.8. The number of benzene rings is 2. The lowest BCUT2D eigenvalue weighted by Crippen LogP contribution is -2.51. The molecule has 2 aromatic carbocycles. The molecule has 0 heterocycles. The van der Waals surface area contributed by atoms with Crippen LogP contribution >= 0.6 is 0 Å². The molecular formula is C23H28N2O2. The number of aryl methyl sites for hydroxylation is 2. The minimum Gasteiger partial charge on any atom is -0.326 e. The molecule has 0 aliphatic heterocycles. The van der Waals surface area contributed by atoms with Gasteiger partial charge in [-0.3, -0.25) is 9.59 Å². The van der Waals surface area contributed by atoms with Crippen molar-refractivity contribution in [2.75, 3.05) is 10.6 Å². The van der Waals surface area contributed by atoms with Crippen LogP contribution in [0.1, 0.15) is 37.8 Å². The fourth-order valence-corrected chi connectivity index (χ4v) is 3.88. The summed E-state index contributed by atoms with van der Waals surface area (Å²) in [6, 6.07) is 15.6. The third-order valence-corrected chi connectivity index (χ3v) is 6.04. The third kappa shape index (κ3) is 4.05. The highest BCUT2D eigenvalue weighted by Crippen LogP contribution is 2.53. The van der Waals surface area contributed by atoms with E-state index in [1.165, 1.54) is 0 Å². The summed E-state index contributed by atoms with van der Waals surface area (Å²) in [6.07, 6.45) is 1.18. The van der Waals surface area contributed by atoms with E-state index in [1.807, 2.05) is 62.4 Å². The van der Waals surface area contributed by atoms with Crippen LogP contribution in [0, 0.1) is 31.1 Å². The van der Waals surface area contributed by atoms with Crippen LogP contribution in [0.4, 0.5) is 11.4 Å². The summed E-state index contributed by atoms with van der Waals surface area (Å²) in [5.74, 6) is 0.188. The fraction of sp³-hybridized carbons (Fsp3) is 0.391. The zero-order chi connectivity index (χ0) is 19.6. The summed E-state index contributed by atoms with van der Waals surface area (Å²) in [4.78, 5) is 25.2. The quantitative estimate of drug-likeness (QED) is 0.790. The van der Waals surface area contributed by atoms with Crippen molar-refractivity contribution in [2.45, 2.75) is 40.5 Å². The molecule has 3 rings (SSSR count). The maximum Gasteiger partial charge on any atom is 0.228 e. The Labute approximate surface area is 161 Å². The number of rotatable bonds is 5. The molecule has 2 amide bonds. The van der Waals surface area contributed by atoms with Gasteiger partial charge in [0, 0.05) is 23.7 Å². The average Bonchev–Trinajstić information content (AvgIpc) is 2.62. The Kier molecular flexibility index (Phi) is 5.36. The van der Waals surface area contributed by atoms with Crippen molar-refractivity contribution in [2.24, 2.45) is 17.3 Å². The monoisotopic (exact) mass is 364 g/mol. The van der Waals surface area contributed by atoms with Gasteiger partial charge in [-0.25, -0.2) is 0 Å². The second-order valence-corrected chi connectivity index (χ2v) is 8.18. The van der Waals surface area contributed by atoms with E-state index < -0.39 is 0 Å². The van der Waals surface area contributed by atoms with Crippen LogP contribution in [0.25, 0.3) is 0 Å². The first-order valence-corrected chi connectivity index (χ1v) is 9.51. The Bertz CT molecular complexity index is 857. The number of hydrogen-bond acceptors (Lipinski definition) is 2. The van der Waals surface area contributed by atoms with Crippen LogP contribution in [-0.4, -0.2) is 11.8 Å². The van der Waals surface area contributed by atoms with Crippen molar-refractivity contribution in [3.63, 3.8) is 0 Å². The van der Waals surface area contributed by atoms with E-state index in [1.54, 1.807) is 0 Å². The molecule has 1 aliphatic carbocycles. The lowest BCUT2D eigenvalue weighted by atomic mass is 9.53. The van der Waals surface area contributed by atoms with Crippen LogP contribution < -0.4 is 10.6 Å². The second-order valence-electron chi connectivity index (χ2n) is 8.18. The molecule has 2 N–H and O–H groups in total. The molecule has 1 aliphatic rings. The third-order valence-electron chi connectivity index (χ3n) is 6.04. The molecule has 4 nitrogen and oxygen atoms in total. The number of anilines is 2. The largest absolute Gasteiger partial charge is 0.326 e. The van der Waals surface area contributed by atoms with Gasteiger partial charge in [-0.1, -0.05) is 50.2 Å². The Morgan fingerprint density at radius 1 is 0.926 bits per heavy atom. The summed E-state index contributed by atoms with van der Waals surface area (Å²) in [5, 5.41) is 6.05. The van der Waals surface area contributed by atoms with Gasteiger partial charge in [-0.15, -0.1) is 0 Å². The molecule has 2 aromatic rings. The number of nitrogens with one attached hydrogen (secondary N) is 2. The van der Waals surface area contributed by atoms with Gasteiger partial charge >= 0.3 is 0 Å². The fourth-order valence-electron chi connectivity index (χ4n) is 3.88. The lowest BCUT2D eigenvalue weighted by Gasteiger charge is -2.51. The maximum absolute atomic E-state index is 12.7. The molecule has 1 saturated carbocycles. The minimum absolute atomic E-state index is 0.0140. The van der Waals surface area contributed by atoms with Gasteiger partial charge in [0.2, 0.25) is 11.8 Å². The number of para-hydroxylation sites is 2. The predicted octanol–water partition coefficient (Wildman–Crippen LogP) is 4.93. The van der Waals surface area contributed by atoms with Crippen LogP contribution in [0.5, 0.6) is 0 Å². The molecule has 0 bridgehead atoms. The zero-order valence-corrected chi connectivity index (χ0v) is 16.5. The Morgan fingerprint density at radius 2 is 1.44 bits per heavy atom. The standard InChI is InChI=1S/C23H28N2O2/c1-15-9-5-7-11-19(15)24-21(26)14-17-13-18(23(17,3)4)22(27)25-20-12-8-6-10-16(20)2/h5-12,17-18H,13-14H2,1-4H3,(H,24,26)(H,25,27)/t17-,18-/m0/s1. The summed E-state index contributed by atoms with van der Waals surface area (Å²) >= 11 is 0. The van der Waals surface area contributed by atoms with Crippen molar-refractivity contribution in [3.8, 4) is 0 Å². The van der Waals surface area contributed by atoms with Crippen molar-refractivity contribution < 1.29 is 9.59 Å². The molecule has 0 aromatic heterocycles. The van der Waals surface area contributed by atoms with E-state index in [2.05, 4.69) is 24.5 Å². The summed E-state index contributed by atoms with van der Waals surface area (Å²) < 4.78 is 0. The van der Waals surface area contributed by atoms with Gasteiger partial charge in [-0.05, 0) is 54.9 Å². The number of amides is 2. The van der Waals surface area contributed by atoms with Gasteiger partial charge < -0.3 is 10.6 Å². The molecule has 1 fully saturated rings. The van der Waals surface area contributed by atoms with Crippen molar-refractivity contribution >= 4 is 23.2 Å². The molecule has 0 saturated heterocycles. The highest BCUT2D eigenvalue weighted by Gasteiger charge is 2.52. The molecular weight excluding hydrogens is 336 g/mol. The second kappa shape index (κ2) is 7.55. The Balaban J connectivity index is 1.58. The molecule has 27 heavy (non-hydrogen) atoms. The highest BCUT2D eigenvalue weighted by atomic mass is 16.2. The van der Waals surface area contributed by atoms with Crippen molar-refractivity contribution in [1.29, 1.82) is 0 Å². The van der Waals surface area contributed by atoms with Gasteiger partial charge in [-0.2, -0.15) is 0 Å². The average molecular weight is 364 g/mol.